The maximum Gasteiger partial charge on any atom is 0.253 e. The van der Waals surface area contributed by atoms with E-state index < -0.39 is 0 Å². The van der Waals surface area contributed by atoms with Crippen LogP contribution in [0.2, 0.25) is 0 Å². The Morgan fingerprint density at radius 1 is 1.35 bits per heavy atom. The topological polar surface area (TPSA) is 44.1 Å². The van der Waals surface area contributed by atoms with Crippen molar-refractivity contribution in [3.8, 4) is 5.75 Å². The standard InChI is InChI=1S/C13H14N2O2/c1-10-3-4-12(17-2)11(7-10)8-15-9-14-6-5-13(15)16/h3-7,9H,8H2,1-2H3. The molecule has 1 heterocycles. The normalized spacial score (nSPS) is 10.2. The Labute approximate surface area is 99.5 Å². The van der Waals surface area contributed by atoms with Gasteiger partial charge in [-0.3, -0.25) is 9.36 Å². The van der Waals surface area contributed by atoms with Gasteiger partial charge < -0.3 is 4.74 Å². The minimum Gasteiger partial charge on any atom is -0.496 e. The molecule has 0 aliphatic heterocycles. The van der Waals surface area contributed by atoms with E-state index >= 15 is 0 Å². The number of rotatable bonds is 3. The van der Waals surface area contributed by atoms with Crippen molar-refractivity contribution in [1.29, 1.82) is 0 Å². The lowest BCUT2D eigenvalue weighted by Crippen LogP contribution is -2.19. The minimum absolute atomic E-state index is 0.0661. The van der Waals surface area contributed by atoms with Crippen LogP contribution in [0, 0.1) is 6.92 Å². The van der Waals surface area contributed by atoms with Crippen LogP contribution in [-0.4, -0.2) is 16.7 Å². The smallest absolute Gasteiger partial charge is 0.253 e. The fourth-order valence-electron chi connectivity index (χ4n) is 1.71. The van der Waals surface area contributed by atoms with E-state index in [-0.39, 0.29) is 5.56 Å². The lowest BCUT2D eigenvalue weighted by molar-refractivity contribution is 0.408. The van der Waals surface area contributed by atoms with Gasteiger partial charge >= 0.3 is 0 Å². The zero-order valence-electron chi connectivity index (χ0n) is 9.88. The number of hydrogen-bond acceptors (Lipinski definition) is 3. The molecule has 2 rings (SSSR count). The molecule has 0 saturated carbocycles. The molecule has 17 heavy (non-hydrogen) atoms. The first-order chi connectivity index (χ1) is 8.20. The predicted molar refractivity (Wildman–Crippen MR) is 65.3 cm³/mol. The van der Waals surface area contributed by atoms with Crippen LogP contribution in [0.3, 0.4) is 0 Å². The third-order valence-corrected chi connectivity index (χ3v) is 2.57. The summed E-state index contributed by atoms with van der Waals surface area (Å²) in [6.45, 7) is 2.48. The van der Waals surface area contributed by atoms with Gasteiger partial charge in [-0.05, 0) is 13.0 Å². The molecule has 0 fully saturated rings. The van der Waals surface area contributed by atoms with Gasteiger partial charge in [0.05, 0.1) is 20.0 Å². The molecule has 0 aliphatic carbocycles. The molecule has 0 unspecified atom stereocenters. The van der Waals surface area contributed by atoms with Gasteiger partial charge in [0.2, 0.25) is 0 Å². The van der Waals surface area contributed by atoms with E-state index in [1.807, 2.05) is 25.1 Å². The van der Waals surface area contributed by atoms with Crippen LogP contribution < -0.4 is 10.3 Å². The number of aryl methyl sites for hydroxylation is 1. The first kappa shape index (κ1) is 11.4. The average molecular weight is 230 g/mol. The molecule has 0 bridgehead atoms. The van der Waals surface area contributed by atoms with Crippen LogP contribution >= 0.6 is 0 Å². The lowest BCUT2D eigenvalue weighted by atomic mass is 10.1. The van der Waals surface area contributed by atoms with Crippen LogP contribution in [0.5, 0.6) is 5.75 Å². The van der Waals surface area contributed by atoms with Gasteiger partial charge in [-0.25, -0.2) is 4.98 Å². The van der Waals surface area contributed by atoms with Crippen LogP contribution in [0.25, 0.3) is 0 Å². The van der Waals surface area contributed by atoms with Crippen LogP contribution in [0.4, 0.5) is 0 Å². The molecule has 2 aromatic rings. The molecule has 0 N–H and O–H groups in total. The van der Waals surface area contributed by atoms with Crippen molar-refractivity contribution in [1.82, 2.24) is 9.55 Å². The summed E-state index contributed by atoms with van der Waals surface area (Å²) in [5, 5.41) is 0. The molecule has 0 atom stereocenters. The zero-order chi connectivity index (χ0) is 12.3. The quantitative estimate of drug-likeness (QED) is 0.804. The van der Waals surface area contributed by atoms with Crippen LogP contribution in [-0.2, 0) is 6.54 Å². The Morgan fingerprint density at radius 2 is 2.18 bits per heavy atom. The van der Waals surface area contributed by atoms with Gasteiger partial charge in [0.1, 0.15) is 5.75 Å². The highest BCUT2D eigenvalue weighted by Gasteiger charge is 2.04. The molecule has 0 amide bonds. The van der Waals surface area contributed by atoms with Crippen molar-refractivity contribution in [3.63, 3.8) is 0 Å². The summed E-state index contributed by atoms with van der Waals surface area (Å²) < 4.78 is 6.83. The van der Waals surface area contributed by atoms with Crippen molar-refractivity contribution in [3.05, 3.63) is 58.3 Å². The summed E-state index contributed by atoms with van der Waals surface area (Å²) in [7, 11) is 1.63. The molecule has 0 spiro atoms. The summed E-state index contributed by atoms with van der Waals surface area (Å²) in [6, 6.07) is 7.35. The zero-order valence-corrected chi connectivity index (χ0v) is 9.88. The number of hydrogen-bond donors (Lipinski definition) is 0. The molecule has 4 heteroatoms. The van der Waals surface area contributed by atoms with Crippen molar-refractivity contribution in [2.24, 2.45) is 0 Å². The van der Waals surface area contributed by atoms with Gasteiger partial charge in [0, 0.05) is 17.8 Å². The summed E-state index contributed by atoms with van der Waals surface area (Å²) in [6.07, 6.45) is 3.02. The molecule has 0 radical (unpaired) electrons. The van der Waals surface area contributed by atoms with E-state index in [1.165, 1.54) is 18.6 Å². The SMILES string of the molecule is COc1ccc(C)cc1Cn1cnccc1=O. The monoisotopic (exact) mass is 230 g/mol. The predicted octanol–water partition coefficient (Wildman–Crippen LogP) is 1.61. The van der Waals surface area contributed by atoms with Crippen molar-refractivity contribution < 1.29 is 4.74 Å². The molecule has 0 saturated heterocycles. The molecule has 4 nitrogen and oxygen atoms in total. The Bertz CT molecular complexity index is 576. The molecule has 0 aliphatic rings. The van der Waals surface area contributed by atoms with E-state index in [0.717, 1.165) is 16.9 Å². The largest absolute Gasteiger partial charge is 0.496 e. The van der Waals surface area contributed by atoms with E-state index in [1.54, 1.807) is 11.7 Å². The lowest BCUT2D eigenvalue weighted by Gasteiger charge is -2.10. The maximum absolute atomic E-state index is 11.6. The van der Waals surface area contributed by atoms with E-state index in [9.17, 15) is 4.79 Å². The number of ether oxygens (including phenoxy) is 1. The second kappa shape index (κ2) is 4.82. The van der Waals surface area contributed by atoms with Crippen LogP contribution in [0.1, 0.15) is 11.1 Å². The van der Waals surface area contributed by atoms with E-state index in [0.29, 0.717) is 6.54 Å². The van der Waals surface area contributed by atoms with Gasteiger partial charge in [0.15, 0.2) is 0 Å². The molecule has 88 valence electrons. The van der Waals surface area contributed by atoms with Gasteiger partial charge in [0.25, 0.3) is 5.56 Å². The van der Waals surface area contributed by atoms with E-state index in [4.69, 9.17) is 4.74 Å². The highest BCUT2D eigenvalue weighted by molar-refractivity contribution is 5.36. The van der Waals surface area contributed by atoms with Gasteiger partial charge in [-0.1, -0.05) is 17.7 Å². The fraction of sp³-hybridized carbons (Fsp3) is 0.231. The van der Waals surface area contributed by atoms with Gasteiger partial charge in [-0.15, -0.1) is 0 Å². The average Bonchev–Trinajstić information content (AvgIpc) is 2.32. The third kappa shape index (κ3) is 2.53. The third-order valence-electron chi connectivity index (χ3n) is 2.57. The maximum atomic E-state index is 11.6. The molecule has 1 aromatic carbocycles. The second-order valence-electron chi connectivity index (χ2n) is 3.86. The van der Waals surface area contributed by atoms with Crippen molar-refractivity contribution in [2.45, 2.75) is 13.5 Å². The van der Waals surface area contributed by atoms with Crippen LogP contribution in [0.15, 0.2) is 41.6 Å². The Morgan fingerprint density at radius 3 is 2.88 bits per heavy atom. The molecule has 1 aromatic heterocycles. The highest BCUT2D eigenvalue weighted by atomic mass is 16.5. The number of nitrogens with zero attached hydrogens (tertiary/aromatic N) is 2. The number of methoxy groups -OCH3 is 1. The molecular weight excluding hydrogens is 216 g/mol. The summed E-state index contributed by atoms with van der Waals surface area (Å²) in [5.74, 6) is 0.784. The molecular formula is C13H14N2O2. The first-order valence-corrected chi connectivity index (χ1v) is 5.34. The first-order valence-electron chi connectivity index (χ1n) is 5.34. The Hall–Kier alpha value is -2.10. The number of benzene rings is 1. The summed E-state index contributed by atoms with van der Waals surface area (Å²) in [4.78, 5) is 15.5. The Kier molecular flexibility index (Phi) is 3.23. The summed E-state index contributed by atoms with van der Waals surface area (Å²) >= 11 is 0. The highest BCUT2D eigenvalue weighted by Crippen LogP contribution is 2.19. The van der Waals surface area contributed by atoms with Crippen molar-refractivity contribution in [2.75, 3.05) is 7.11 Å². The second-order valence-corrected chi connectivity index (χ2v) is 3.86. The summed E-state index contributed by atoms with van der Waals surface area (Å²) in [5.41, 5.74) is 2.05. The van der Waals surface area contributed by atoms with Crippen molar-refractivity contribution >= 4 is 0 Å². The van der Waals surface area contributed by atoms with Gasteiger partial charge in [-0.2, -0.15) is 0 Å². The Balaban J connectivity index is 2.39. The fourth-order valence-corrected chi connectivity index (χ4v) is 1.71. The number of aromatic nitrogens is 2. The minimum atomic E-state index is -0.0661. The van der Waals surface area contributed by atoms with E-state index in [2.05, 4.69) is 4.98 Å².